The van der Waals surface area contributed by atoms with Crippen LogP contribution in [0.5, 0.6) is 11.5 Å². The Balaban J connectivity index is 2.86. The van der Waals surface area contributed by atoms with E-state index in [2.05, 4.69) is 19.2 Å². The number of nitrogens with one attached hydrogen (secondary N) is 1. The number of rotatable bonds is 5. The standard InChI is InChI=1S/C16H22N2O2/c1-6-12-10(3)18-13-8-11(19-4)9-14(20-5)15(13)16(12)17-7-2/h8-9H,6-7H2,1-5H3,(H,17,18). The summed E-state index contributed by atoms with van der Waals surface area (Å²) in [4.78, 5) is 4.71. The molecule has 0 aliphatic heterocycles. The third-order valence-corrected chi connectivity index (χ3v) is 3.49. The summed E-state index contributed by atoms with van der Waals surface area (Å²) in [6, 6.07) is 3.85. The monoisotopic (exact) mass is 274 g/mol. The van der Waals surface area contributed by atoms with Crippen LogP contribution in [0.15, 0.2) is 12.1 Å². The first-order valence-electron chi connectivity index (χ1n) is 6.95. The van der Waals surface area contributed by atoms with Crippen molar-refractivity contribution in [1.29, 1.82) is 0 Å². The molecule has 0 saturated carbocycles. The molecule has 0 unspecified atom stereocenters. The average molecular weight is 274 g/mol. The molecule has 0 atom stereocenters. The minimum absolute atomic E-state index is 0.757. The van der Waals surface area contributed by atoms with Gasteiger partial charge in [-0.2, -0.15) is 0 Å². The second kappa shape index (κ2) is 5.99. The Morgan fingerprint density at radius 1 is 1.15 bits per heavy atom. The maximum absolute atomic E-state index is 5.54. The summed E-state index contributed by atoms with van der Waals surface area (Å²) in [7, 11) is 3.33. The number of ether oxygens (including phenoxy) is 2. The van der Waals surface area contributed by atoms with Crippen molar-refractivity contribution in [3.05, 3.63) is 23.4 Å². The summed E-state index contributed by atoms with van der Waals surface area (Å²) in [5, 5.41) is 4.49. The molecule has 20 heavy (non-hydrogen) atoms. The van der Waals surface area contributed by atoms with E-state index in [1.165, 1.54) is 5.56 Å². The van der Waals surface area contributed by atoms with Gasteiger partial charge in [0, 0.05) is 24.4 Å². The molecule has 2 rings (SSSR count). The fourth-order valence-electron chi connectivity index (χ4n) is 2.58. The van der Waals surface area contributed by atoms with Gasteiger partial charge >= 0.3 is 0 Å². The summed E-state index contributed by atoms with van der Waals surface area (Å²) in [6.07, 6.45) is 0.937. The normalized spacial score (nSPS) is 10.7. The van der Waals surface area contributed by atoms with E-state index in [9.17, 15) is 0 Å². The van der Waals surface area contributed by atoms with Crippen LogP contribution in [-0.2, 0) is 6.42 Å². The van der Waals surface area contributed by atoms with Crippen molar-refractivity contribution >= 4 is 16.6 Å². The van der Waals surface area contributed by atoms with Crippen LogP contribution >= 0.6 is 0 Å². The number of fused-ring (bicyclic) bond motifs is 1. The van der Waals surface area contributed by atoms with Crippen LogP contribution in [0, 0.1) is 6.92 Å². The lowest BCUT2D eigenvalue weighted by Crippen LogP contribution is -2.06. The van der Waals surface area contributed by atoms with Crippen molar-refractivity contribution in [2.75, 3.05) is 26.1 Å². The Labute approximate surface area is 120 Å². The molecule has 4 heteroatoms. The first kappa shape index (κ1) is 14.4. The van der Waals surface area contributed by atoms with Gasteiger partial charge in [0.1, 0.15) is 11.5 Å². The maximum atomic E-state index is 5.54. The molecule has 0 saturated heterocycles. The number of pyridine rings is 1. The quantitative estimate of drug-likeness (QED) is 0.905. The molecule has 0 spiro atoms. The first-order valence-corrected chi connectivity index (χ1v) is 6.95. The van der Waals surface area contributed by atoms with Crippen LogP contribution in [-0.4, -0.2) is 25.7 Å². The summed E-state index contributed by atoms with van der Waals surface area (Å²) < 4.78 is 10.9. The van der Waals surface area contributed by atoms with Gasteiger partial charge in [0.2, 0.25) is 0 Å². The van der Waals surface area contributed by atoms with Gasteiger partial charge in [-0.3, -0.25) is 4.98 Å². The van der Waals surface area contributed by atoms with Gasteiger partial charge in [0.05, 0.1) is 30.8 Å². The number of benzene rings is 1. The van der Waals surface area contributed by atoms with E-state index in [-0.39, 0.29) is 0 Å². The number of nitrogens with zero attached hydrogens (tertiary/aromatic N) is 1. The molecule has 0 aliphatic carbocycles. The van der Waals surface area contributed by atoms with Crippen molar-refractivity contribution in [1.82, 2.24) is 4.98 Å². The van der Waals surface area contributed by atoms with E-state index in [0.717, 1.165) is 46.7 Å². The average Bonchev–Trinajstić information content (AvgIpc) is 2.46. The summed E-state index contributed by atoms with van der Waals surface area (Å²) in [5.74, 6) is 1.55. The van der Waals surface area contributed by atoms with Crippen molar-refractivity contribution in [2.24, 2.45) is 0 Å². The highest BCUT2D eigenvalue weighted by atomic mass is 16.5. The van der Waals surface area contributed by atoms with Gasteiger partial charge in [-0.1, -0.05) is 6.92 Å². The molecule has 0 fully saturated rings. The lowest BCUT2D eigenvalue weighted by molar-refractivity contribution is 0.398. The Morgan fingerprint density at radius 3 is 2.45 bits per heavy atom. The van der Waals surface area contributed by atoms with Gasteiger partial charge in [-0.15, -0.1) is 0 Å². The molecule has 1 heterocycles. The highest BCUT2D eigenvalue weighted by Gasteiger charge is 2.16. The van der Waals surface area contributed by atoms with Crippen molar-refractivity contribution in [3.63, 3.8) is 0 Å². The number of anilines is 1. The highest BCUT2D eigenvalue weighted by Crippen LogP contribution is 2.38. The fourth-order valence-corrected chi connectivity index (χ4v) is 2.58. The van der Waals surface area contributed by atoms with E-state index >= 15 is 0 Å². The molecule has 1 aromatic heterocycles. The van der Waals surface area contributed by atoms with Gasteiger partial charge in [-0.25, -0.2) is 0 Å². The number of hydrogen-bond acceptors (Lipinski definition) is 4. The van der Waals surface area contributed by atoms with Crippen LogP contribution in [0.1, 0.15) is 25.1 Å². The summed E-state index contributed by atoms with van der Waals surface area (Å²) in [6.45, 7) is 7.15. The van der Waals surface area contributed by atoms with Crippen LogP contribution < -0.4 is 14.8 Å². The Bertz CT molecular complexity index is 624. The Hall–Kier alpha value is -1.97. The smallest absolute Gasteiger partial charge is 0.134 e. The number of hydrogen-bond donors (Lipinski definition) is 1. The van der Waals surface area contributed by atoms with Crippen LogP contribution in [0.2, 0.25) is 0 Å². The third kappa shape index (κ3) is 2.38. The summed E-state index contributed by atoms with van der Waals surface area (Å²) >= 11 is 0. The zero-order chi connectivity index (χ0) is 14.7. The van der Waals surface area contributed by atoms with Crippen molar-refractivity contribution < 1.29 is 9.47 Å². The molecule has 2 aromatic rings. The number of aryl methyl sites for hydroxylation is 1. The second-order valence-corrected chi connectivity index (χ2v) is 4.66. The molecular formula is C16H22N2O2. The minimum Gasteiger partial charge on any atom is -0.497 e. The fraction of sp³-hybridized carbons (Fsp3) is 0.438. The zero-order valence-electron chi connectivity index (χ0n) is 12.8. The van der Waals surface area contributed by atoms with Gasteiger partial charge < -0.3 is 14.8 Å². The van der Waals surface area contributed by atoms with Gasteiger partial charge in [-0.05, 0) is 25.8 Å². The second-order valence-electron chi connectivity index (χ2n) is 4.66. The van der Waals surface area contributed by atoms with E-state index in [0.29, 0.717) is 0 Å². The Kier molecular flexibility index (Phi) is 4.32. The molecule has 108 valence electrons. The zero-order valence-corrected chi connectivity index (χ0v) is 12.8. The highest BCUT2D eigenvalue weighted by molar-refractivity contribution is 5.99. The van der Waals surface area contributed by atoms with Crippen molar-refractivity contribution in [2.45, 2.75) is 27.2 Å². The molecule has 1 aromatic carbocycles. The van der Waals surface area contributed by atoms with Crippen LogP contribution in [0.4, 0.5) is 5.69 Å². The van der Waals surface area contributed by atoms with E-state index < -0.39 is 0 Å². The molecular weight excluding hydrogens is 252 g/mol. The minimum atomic E-state index is 0.757. The summed E-state index contributed by atoms with van der Waals surface area (Å²) in [5.41, 5.74) is 4.30. The van der Waals surface area contributed by atoms with Crippen LogP contribution in [0.3, 0.4) is 0 Å². The Morgan fingerprint density at radius 2 is 1.90 bits per heavy atom. The lowest BCUT2D eigenvalue weighted by Gasteiger charge is -2.18. The largest absolute Gasteiger partial charge is 0.497 e. The molecule has 0 aliphatic rings. The predicted octanol–water partition coefficient (Wildman–Crippen LogP) is 3.55. The SMILES string of the molecule is CCNc1c(CC)c(C)nc2cc(OC)cc(OC)c12. The molecule has 0 radical (unpaired) electrons. The number of aromatic nitrogens is 1. The topological polar surface area (TPSA) is 43.4 Å². The van der Waals surface area contributed by atoms with Gasteiger partial charge in [0.25, 0.3) is 0 Å². The number of methoxy groups -OCH3 is 2. The van der Waals surface area contributed by atoms with Gasteiger partial charge in [0.15, 0.2) is 0 Å². The third-order valence-electron chi connectivity index (χ3n) is 3.49. The van der Waals surface area contributed by atoms with E-state index in [4.69, 9.17) is 14.5 Å². The lowest BCUT2D eigenvalue weighted by atomic mass is 10.0. The molecule has 4 nitrogen and oxygen atoms in total. The predicted molar refractivity (Wildman–Crippen MR) is 83.1 cm³/mol. The van der Waals surface area contributed by atoms with E-state index in [1.54, 1.807) is 14.2 Å². The molecule has 0 bridgehead atoms. The van der Waals surface area contributed by atoms with Crippen LogP contribution in [0.25, 0.3) is 10.9 Å². The van der Waals surface area contributed by atoms with Crippen molar-refractivity contribution in [3.8, 4) is 11.5 Å². The molecule has 0 amide bonds. The molecule has 1 N–H and O–H groups in total. The van der Waals surface area contributed by atoms with E-state index in [1.807, 2.05) is 19.1 Å². The maximum Gasteiger partial charge on any atom is 0.134 e. The first-order chi connectivity index (χ1) is 9.65.